The summed E-state index contributed by atoms with van der Waals surface area (Å²) in [6, 6.07) is 0. The summed E-state index contributed by atoms with van der Waals surface area (Å²) < 4.78 is 10.2. The Morgan fingerprint density at radius 2 is 2.07 bits per heavy atom. The standard InChI is InChI=1S/C8H10N2O4/c11-8(12)7-10-9-6(14-7)5-1-3-13-4-2-5/h5H,1-4H2,(H,11,12). The fourth-order valence-corrected chi connectivity index (χ4v) is 1.43. The summed E-state index contributed by atoms with van der Waals surface area (Å²) in [5.74, 6) is -0.975. The molecule has 0 aliphatic carbocycles. The number of hydrogen-bond donors (Lipinski definition) is 1. The average Bonchev–Trinajstić information content (AvgIpc) is 2.68. The fourth-order valence-electron chi connectivity index (χ4n) is 1.43. The molecular formula is C8H10N2O4. The van der Waals surface area contributed by atoms with Crippen LogP contribution in [-0.4, -0.2) is 34.5 Å². The predicted molar refractivity (Wildman–Crippen MR) is 44.1 cm³/mol. The quantitative estimate of drug-likeness (QED) is 0.751. The van der Waals surface area contributed by atoms with Crippen molar-refractivity contribution in [1.82, 2.24) is 10.2 Å². The summed E-state index contributed by atoms with van der Waals surface area (Å²) in [7, 11) is 0. The fraction of sp³-hybridized carbons (Fsp3) is 0.625. The van der Waals surface area contributed by atoms with Gasteiger partial charge in [0.25, 0.3) is 0 Å². The van der Waals surface area contributed by atoms with E-state index in [1.165, 1.54) is 0 Å². The molecule has 0 aromatic carbocycles. The molecule has 0 saturated carbocycles. The maximum Gasteiger partial charge on any atom is 0.393 e. The zero-order chi connectivity index (χ0) is 9.97. The van der Waals surface area contributed by atoms with E-state index in [1.54, 1.807) is 0 Å². The molecular weight excluding hydrogens is 188 g/mol. The molecule has 1 N–H and O–H groups in total. The summed E-state index contributed by atoms with van der Waals surface area (Å²) in [4.78, 5) is 10.5. The number of hydrogen-bond acceptors (Lipinski definition) is 5. The highest BCUT2D eigenvalue weighted by atomic mass is 16.5. The highest BCUT2D eigenvalue weighted by Gasteiger charge is 2.23. The molecule has 0 radical (unpaired) electrons. The van der Waals surface area contributed by atoms with Gasteiger partial charge in [-0.1, -0.05) is 0 Å². The van der Waals surface area contributed by atoms with E-state index in [2.05, 4.69) is 10.2 Å². The van der Waals surface area contributed by atoms with Crippen LogP contribution in [0.15, 0.2) is 4.42 Å². The van der Waals surface area contributed by atoms with Gasteiger partial charge in [-0.25, -0.2) is 4.79 Å². The maximum atomic E-state index is 10.5. The van der Waals surface area contributed by atoms with Crippen LogP contribution in [-0.2, 0) is 4.74 Å². The minimum atomic E-state index is -1.18. The van der Waals surface area contributed by atoms with Crippen LogP contribution in [0, 0.1) is 0 Å². The van der Waals surface area contributed by atoms with Gasteiger partial charge in [0.2, 0.25) is 5.89 Å². The summed E-state index contributed by atoms with van der Waals surface area (Å²) in [5, 5.41) is 15.7. The van der Waals surface area contributed by atoms with E-state index in [4.69, 9.17) is 14.3 Å². The molecule has 0 spiro atoms. The summed E-state index contributed by atoms with van der Waals surface area (Å²) >= 11 is 0. The van der Waals surface area contributed by atoms with Gasteiger partial charge in [-0.15, -0.1) is 10.2 Å². The molecule has 0 atom stereocenters. The zero-order valence-electron chi connectivity index (χ0n) is 7.47. The van der Waals surface area contributed by atoms with Crippen molar-refractivity contribution in [3.63, 3.8) is 0 Å². The van der Waals surface area contributed by atoms with E-state index in [-0.39, 0.29) is 11.8 Å². The van der Waals surface area contributed by atoms with E-state index in [1.807, 2.05) is 0 Å². The van der Waals surface area contributed by atoms with Gasteiger partial charge in [-0.2, -0.15) is 0 Å². The van der Waals surface area contributed by atoms with Gasteiger partial charge in [0.05, 0.1) is 0 Å². The van der Waals surface area contributed by atoms with Crippen molar-refractivity contribution in [2.24, 2.45) is 0 Å². The molecule has 1 fully saturated rings. The van der Waals surface area contributed by atoms with Gasteiger partial charge in [0.15, 0.2) is 0 Å². The number of rotatable bonds is 2. The van der Waals surface area contributed by atoms with E-state index >= 15 is 0 Å². The number of aromatic carboxylic acids is 1. The molecule has 1 aliphatic rings. The Morgan fingerprint density at radius 3 is 2.64 bits per heavy atom. The first-order valence-corrected chi connectivity index (χ1v) is 4.42. The van der Waals surface area contributed by atoms with E-state index in [0.29, 0.717) is 19.1 Å². The maximum absolute atomic E-state index is 10.5. The second-order valence-corrected chi connectivity index (χ2v) is 3.14. The Morgan fingerprint density at radius 1 is 1.36 bits per heavy atom. The molecule has 6 heteroatoms. The summed E-state index contributed by atoms with van der Waals surface area (Å²) in [5.41, 5.74) is 0. The molecule has 6 nitrogen and oxygen atoms in total. The Kier molecular flexibility index (Phi) is 2.45. The Bertz CT molecular complexity index is 330. The Hall–Kier alpha value is -1.43. The smallest absolute Gasteiger partial charge is 0.393 e. The van der Waals surface area contributed by atoms with Gasteiger partial charge in [0, 0.05) is 19.1 Å². The second-order valence-electron chi connectivity index (χ2n) is 3.14. The minimum Gasteiger partial charge on any atom is -0.474 e. The SMILES string of the molecule is O=C(O)c1nnc(C2CCOCC2)o1. The molecule has 1 saturated heterocycles. The third kappa shape index (κ3) is 1.74. The third-order valence-electron chi connectivity index (χ3n) is 2.19. The number of ether oxygens (including phenoxy) is 1. The van der Waals surface area contributed by atoms with E-state index in [0.717, 1.165) is 12.8 Å². The van der Waals surface area contributed by atoms with Crippen LogP contribution >= 0.6 is 0 Å². The molecule has 76 valence electrons. The van der Waals surface area contributed by atoms with E-state index in [9.17, 15) is 4.79 Å². The number of carbonyl (C=O) groups is 1. The number of carboxylic acid groups (broad SMARTS) is 1. The van der Waals surface area contributed by atoms with Crippen LogP contribution < -0.4 is 0 Å². The largest absolute Gasteiger partial charge is 0.474 e. The van der Waals surface area contributed by atoms with Crippen molar-refractivity contribution in [3.8, 4) is 0 Å². The molecule has 1 aromatic rings. The van der Waals surface area contributed by atoms with Gasteiger partial charge in [-0.3, -0.25) is 0 Å². The number of aromatic nitrogens is 2. The van der Waals surface area contributed by atoms with Gasteiger partial charge in [0.1, 0.15) is 0 Å². The monoisotopic (exact) mass is 198 g/mol. The highest BCUT2D eigenvalue weighted by Crippen LogP contribution is 2.25. The number of carboxylic acids is 1. The van der Waals surface area contributed by atoms with E-state index < -0.39 is 5.97 Å². The molecule has 14 heavy (non-hydrogen) atoms. The summed E-state index contributed by atoms with van der Waals surface area (Å²) in [6.07, 6.45) is 1.61. The molecule has 0 unspecified atom stereocenters. The van der Waals surface area contributed by atoms with Gasteiger partial charge >= 0.3 is 11.9 Å². The lowest BCUT2D eigenvalue weighted by molar-refractivity contribution is 0.0639. The topological polar surface area (TPSA) is 85.5 Å². The first-order valence-electron chi connectivity index (χ1n) is 4.42. The second kappa shape index (κ2) is 3.75. The Balaban J connectivity index is 2.11. The lowest BCUT2D eigenvalue weighted by Crippen LogP contribution is -2.14. The molecule has 1 aliphatic heterocycles. The summed E-state index contributed by atoms with van der Waals surface area (Å²) in [6.45, 7) is 1.32. The van der Waals surface area contributed by atoms with Crippen molar-refractivity contribution in [3.05, 3.63) is 11.8 Å². The molecule has 0 bridgehead atoms. The van der Waals surface area contributed by atoms with Crippen LogP contribution in [0.3, 0.4) is 0 Å². The molecule has 2 heterocycles. The van der Waals surface area contributed by atoms with Crippen LogP contribution in [0.4, 0.5) is 0 Å². The van der Waals surface area contributed by atoms with Crippen molar-refractivity contribution in [2.75, 3.05) is 13.2 Å². The average molecular weight is 198 g/mol. The van der Waals surface area contributed by atoms with Crippen LogP contribution in [0.25, 0.3) is 0 Å². The van der Waals surface area contributed by atoms with Crippen LogP contribution in [0.5, 0.6) is 0 Å². The lowest BCUT2D eigenvalue weighted by atomic mass is 10.0. The predicted octanol–water partition coefficient (Wildman–Crippen LogP) is 0.662. The first kappa shape index (κ1) is 9.14. The zero-order valence-corrected chi connectivity index (χ0v) is 7.47. The lowest BCUT2D eigenvalue weighted by Gasteiger charge is -2.18. The minimum absolute atomic E-state index is 0.143. The molecule has 0 amide bonds. The van der Waals surface area contributed by atoms with Crippen LogP contribution in [0.2, 0.25) is 0 Å². The molecule has 2 rings (SSSR count). The van der Waals surface area contributed by atoms with Crippen molar-refractivity contribution in [1.29, 1.82) is 0 Å². The van der Waals surface area contributed by atoms with Crippen molar-refractivity contribution < 1.29 is 19.1 Å². The highest BCUT2D eigenvalue weighted by molar-refractivity contribution is 5.81. The van der Waals surface area contributed by atoms with Crippen LogP contribution in [0.1, 0.15) is 35.3 Å². The Labute approximate surface area is 79.9 Å². The third-order valence-corrected chi connectivity index (χ3v) is 2.19. The van der Waals surface area contributed by atoms with Gasteiger partial charge in [-0.05, 0) is 12.8 Å². The first-order chi connectivity index (χ1) is 6.77. The van der Waals surface area contributed by atoms with Crippen molar-refractivity contribution in [2.45, 2.75) is 18.8 Å². The normalized spacial score (nSPS) is 18.3. The number of nitrogens with zero attached hydrogens (tertiary/aromatic N) is 2. The van der Waals surface area contributed by atoms with Crippen molar-refractivity contribution >= 4 is 5.97 Å². The molecule has 1 aromatic heterocycles. The van der Waals surface area contributed by atoms with Gasteiger partial charge < -0.3 is 14.3 Å².